The van der Waals surface area contributed by atoms with Crippen LogP contribution in [0.3, 0.4) is 0 Å². The third-order valence-electron chi connectivity index (χ3n) is 0. The summed E-state index contributed by atoms with van der Waals surface area (Å²) in [4.78, 5) is 0. The predicted molar refractivity (Wildman–Crippen MR) is 23.0 cm³/mol. The average molecular weight is 681 g/mol. The van der Waals surface area contributed by atoms with Crippen molar-refractivity contribution in [3.05, 3.63) is 0 Å². The van der Waals surface area contributed by atoms with Gasteiger partial charge in [0, 0.05) is 190 Å². The standard InChI is InChI=1S/7Fe.4Ge. The van der Waals surface area contributed by atoms with Gasteiger partial charge in [0.05, 0.1) is 0 Å². The molecule has 0 aromatic heterocycles. The van der Waals surface area contributed by atoms with Crippen LogP contribution >= 0.6 is 0 Å². The molecular formula is Fe7Ge4. The molecule has 0 fully saturated rings. The van der Waals surface area contributed by atoms with Crippen molar-refractivity contribution >= 4 is 70.4 Å². The molecule has 0 nitrogen and oxygen atoms in total. The molecule has 0 bridgehead atoms. The Hall–Kier alpha value is 5.81. The van der Waals surface area contributed by atoms with E-state index in [1.165, 1.54) is 0 Å². The second-order valence-corrected chi connectivity index (χ2v) is 0. The van der Waals surface area contributed by atoms with Crippen molar-refractivity contribution in [3.8, 4) is 0 Å². The van der Waals surface area contributed by atoms with Crippen LogP contribution in [0.5, 0.6) is 0 Å². The first-order chi connectivity index (χ1) is 0. The van der Waals surface area contributed by atoms with E-state index in [2.05, 4.69) is 0 Å². The molecule has 0 aliphatic rings. The van der Waals surface area contributed by atoms with Crippen molar-refractivity contribution in [1.29, 1.82) is 0 Å². The predicted octanol–water partition coefficient (Wildman–Crippen LogP) is -1.54. The summed E-state index contributed by atoms with van der Waals surface area (Å²) in [5.74, 6) is 0. The zero-order valence-electron chi connectivity index (χ0n) is 4.47. The van der Waals surface area contributed by atoms with E-state index in [1.54, 1.807) is 0 Å². The molecule has 11 heteroatoms. The summed E-state index contributed by atoms with van der Waals surface area (Å²) in [6.45, 7) is 0. The molecule has 0 N–H and O–H groups in total. The fourth-order valence-corrected chi connectivity index (χ4v) is 0. The molecule has 72 valence electrons. The molecule has 0 saturated carbocycles. The first-order valence-corrected chi connectivity index (χ1v) is 0. The molecule has 0 aromatic carbocycles. The summed E-state index contributed by atoms with van der Waals surface area (Å²) in [5.41, 5.74) is 0. The van der Waals surface area contributed by atoms with E-state index in [1.807, 2.05) is 0 Å². The molecule has 0 heterocycles. The largest absolute Gasteiger partial charge is 0 e. The topological polar surface area (TPSA) is 0 Å². The molecule has 0 aliphatic heterocycles. The van der Waals surface area contributed by atoms with Crippen molar-refractivity contribution in [3.63, 3.8) is 0 Å². The Morgan fingerprint density at radius 1 is 0.182 bits per heavy atom. The van der Waals surface area contributed by atoms with E-state index in [9.17, 15) is 0 Å². The Bertz CT molecular complexity index is 10.4. The van der Waals surface area contributed by atoms with Crippen LogP contribution in [0.15, 0.2) is 0 Å². The fraction of sp³-hybridized carbons (Fsp3) is 0. The van der Waals surface area contributed by atoms with Crippen molar-refractivity contribution < 1.29 is 119 Å². The Morgan fingerprint density at radius 3 is 0.182 bits per heavy atom. The normalized spacial score (nSPS) is 0. The minimum absolute atomic E-state index is 0. The Labute approximate surface area is 186 Å². The van der Waals surface area contributed by atoms with Gasteiger partial charge in [-0.1, -0.05) is 0 Å². The van der Waals surface area contributed by atoms with E-state index < -0.39 is 0 Å². The van der Waals surface area contributed by atoms with Gasteiger partial charge in [0.2, 0.25) is 0 Å². The van der Waals surface area contributed by atoms with Gasteiger partial charge in [-0.25, -0.2) is 0 Å². The molecular weight excluding hydrogens is 681 g/mol. The first-order valence-electron chi connectivity index (χ1n) is 0. The van der Waals surface area contributed by atoms with Gasteiger partial charge in [-0.15, -0.1) is 0 Å². The van der Waals surface area contributed by atoms with Crippen molar-refractivity contribution in [1.82, 2.24) is 0 Å². The Balaban J connectivity index is 0. The zero-order valence-corrected chi connectivity index (χ0v) is 20.6. The maximum Gasteiger partial charge on any atom is 0 e. The van der Waals surface area contributed by atoms with E-state index in [4.69, 9.17) is 0 Å². The molecule has 0 unspecified atom stereocenters. The van der Waals surface area contributed by atoms with Crippen LogP contribution in [-0.4, -0.2) is 70.4 Å². The molecule has 16 radical (unpaired) electrons. The van der Waals surface area contributed by atoms with Crippen molar-refractivity contribution in [2.24, 2.45) is 0 Å². The van der Waals surface area contributed by atoms with Crippen molar-refractivity contribution in [2.75, 3.05) is 0 Å². The summed E-state index contributed by atoms with van der Waals surface area (Å²) >= 11 is 0. The Kier molecular flexibility index (Phi) is 1160. The minimum atomic E-state index is 0. The fourth-order valence-electron chi connectivity index (χ4n) is 0. The van der Waals surface area contributed by atoms with E-state index in [0.29, 0.717) is 0 Å². The van der Waals surface area contributed by atoms with Gasteiger partial charge in [0.15, 0.2) is 0 Å². The molecule has 0 saturated heterocycles. The van der Waals surface area contributed by atoms with Crippen LogP contribution in [0.4, 0.5) is 0 Å². The van der Waals surface area contributed by atoms with Gasteiger partial charge in [0.1, 0.15) is 0 Å². The Morgan fingerprint density at radius 2 is 0.182 bits per heavy atom. The summed E-state index contributed by atoms with van der Waals surface area (Å²) < 4.78 is 0. The van der Waals surface area contributed by atoms with Gasteiger partial charge < -0.3 is 0 Å². The maximum atomic E-state index is 0. The number of rotatable bonds is 0. The van der Waals surface area contributed by atoms with Crippen LogP contribution in [0.2, 0.25) is 0 Å². The second kappa shape index (κ2) is 103. The van der Waals surface area contributed by atoms with Crippen LogP contribution in [-0.2, 0) is 119 Å². The molecule has 11 heavy (non-hydrogen) atoms. The van der Waals surface area contributed by atoms with Crippen molar-refractivity contribution in [2.45, 2.75) is 0 Å². The average Bonchev–Trinajstić information content (AvgIpc) is 0. The van der Waals surface area contributed by atoms with E-state index >= 15 is 0 Å². The molecule has 0 amide bonds. The zero-order chi connectivity index (χ0) is 0. The number of hydrogen-bond donors (Lipinski definition) is 0. The maximum absolute atomic E-state index is 0. The van der Waals surface area contributed by atoms with E-state index in [-0.39, 0.29) is 190 Å². The monoisotopic (exact) mass is 687 g/mol. The SMILES string of the molecule is [Fe].[Fe].[Fe].[Fe].[Fe].[Fe].[Fe].[Ge].[Ge].[Ge].[Ge]. The molecule has 0 atom stereocenters. The smallest absolute Gasteiger partial charge is 0 e. The van der Waals surface area contributed by atoms with Gasteiger partial charge in [-0.3, -0.25) is 0 Å². The summed E-state index contributed by atoms with van der Waals surface area (Å²) in [7, 11) is 0. The van der Waals surface area contributed by atoms with Crippen LogP contribution < -0.4 is 0 Å². The van der Waals surface area contributed by atoms with Crippen LogP contribution in [0.1, 0.15) is 0 Å². The third-order valence-corrected chi connectivity index (χ3v) is 0. The summed E-state index contributed by atoms with van der Waals surface area (Å²) in [6, 6.07) is 0. The number of hydrogen-bond acceptors (Lipinski definition) is 0. The van der Waals surface area contributed by atoms with Gasteiger partial charge >= 0.3 is 0 Å². The molecule has 0 aliphatic carbocycles. The van der Waals surface area contributed by atoms with E-state index in [0.717, 1.165) is 0 Å². The molecule has 0 spiro atoms. The third kappa shape index (κ3) is 89.4. The van der Waals surface area contributed by atoms with Crippen LogP contribution in [0.25, 0.3) is 0 Å². The quantitative estimate of drug-likeness (QED) is 0.273. The first kappa shape index (κ1) is 125. The minimum Gasteiger partial charge on any atom is 0 e. The molecule has 0 rings (SSSR count). The summed E-state index contributed by atoms with van der Waals surface area (Å²) in [6.07, 6.45) is 0. The van der Waals surface area contributed by atoms with Gasteiger partial charge in [-0.05, 0) is 0 Å². The second-order valence-electron chi connectivity index (χ2n) is 0. The van der Waals surface area contributed by atoms with Gasteiger partial charge in [0.25, 0.3) is 0 Å². The molecule has 0 aromatic rings. The summed E-state index contributed by atoms with van der Waals surface area (Å²) in [5, 5.41) is 0. The van der Waals surface area contributed by atoms with Crippen LogP contribution in [0, 0.1) is 0 Å². The van der Waals surface area contributed by atoms with Gasteiger partial charge in [-0.2, -0.15) is 0 Å².